The molecule has 0 aromatic heterocycles. The van der Waals surface area contributed by atoms with Crippen LogP contribution in [0.4, 0.5) is 0 Å². The van der Waals surface area contributed by atoms with Crippen LogP contribution >= 0.6 is 0 Å². The van der Waals surface area contributed by atoms with Gasteiger partial charge in [-0.15, -0.1) is 0 Å². The quantitative estimate of drug-likeness (QED) is 0.560. The molecule has 0 N–H and O–H groups in total. The minimum absolute atomic E-state index is 0.206. The molecule has 0 bridgehead atoms. The molecule has 2 aromatic rings. The Kier molecular flexibility index (Phi) is 6.33. The number of benzene rings is 2. The smallest absolute Gasteiger partial charge is 0.242 e. The number of oxime groups is 1. The summed E-state index contributed by atoms with van der Waals surface area (Å²) in [7, 11) is -0.430. The van der Waals surface area contributed by atoms with E-state index in [1.165, 1.54) is 24.0 Å². The molecule has 25 heavy (non-hydrogen) atoms. The fraction of sp³-hybridized carbons (Fsp3) is 0.316. The van der Waals surface area contributed by atoms with Gasteiger partial charge in [-0.25, -0.2) is 12.7 Å². The van der Waals surface area contributed by atoms with Crippen LogP contribution in [-0.2, 0) is 21.5 Å². The van der Waals surface area contributed by atoms with E-state index in [-0.39, 0.29) is 11.5 Å². The SMILES string of the molecule is CC(C)c1ccc(/C=N/OCc2cccc(S(=O)(=O)N(C)C)c2)cc1. The Bertz CT molecular complexity index is 826. The van der Waals surface area contributed by atoms with Crippen molar-refractivity contribution in [3.8, 4) is 0 Å². The molecule has 0 aliphatic carbocycles. The standard InChI is InChI=1S/C19H24N2O3S/c1-15(2)18-10-8-16(9-11-18)13-20-24-14-17-6-5-7-19(12-17)25(22,23)21(3)4/h5-13,15H,14H2,1-4H3/b20-13+. The average Bonchev–Trinajstić information content (AvgIpc) is 2.59. The predicted octanol–water partition coefficient (Wildman–Crippen LogP) is 3.61. The van der Waals surface area contributed by atoms with E-state index in [4.69, 9.17) is 4.84 Å². The summed E-state index contributed by atoms with van der Waals surface area (Å²) in [5.74, 6) is 0.493. The van der Waals surface area contributed by atoms with Crippen LogP contribution in [-0.4, -0.2) is 33.0 Å². The topological polar surface area (TPSA) is 59.0 Å². The van der Waals surface area contributed by atoms with Crippen molar-refractivity contribution < 1.29 is 13.3 Å². The Labute approximate surface area is 150 Å². The maximum Gasteiger partial charge on any atom is 0.242 e. The van der Waals surface area contributed by atoms with Crippen molar-refractivity contribution in [1.29, 1.82) is 0 Å². The van der Waals surface area contributed by atoms with Crippen molar-refractivity contribution in [3.63, 3.8) is 0 Å². The fourth-order valence-electron chi connectivity index (χ4n) is 2.18. The van der Waals surface area contributed by atoms with Gasteiger partial charge in [0, 0.05) is 14.1 Å². The van der Waals surface area contributed by atoms with Crippen LogP contribution in [0.5, 0.6) is 0 Å². The second kappa shape index (κ2) is 8.27. The molecule has 0 heterocycles. The van der Waals surface area contributed by atoms with E-state index in [1.807, 2.05) is 18.2 Å². The summed E-state index contributed by atoms with van der Waals surface area (Å²) in [4.78, 5) is 5.53. The lowest BCUT2D eigenvalue weighted by molar-refractivity contribution is 0.132. The second-order valence-corrected chi connectivity index (χ2v) is 8.42. The van der Waals surface area contributed by atoms with Gasteiger partial charge < -0.3 is 4.84 Å². The lowest BCUT2D eigenvalue weighted by atomic mass is 10.0. The first-order chi connectivity index (χ1) is 11.8. The highest BCUT2D eigenvalue weighted by atomic mass is 32.2. The van der Waals surface area contributed by atoms with Gasteiger partial charge in [0.25, 0.3) is 0 Å². The van der Waals surface area contributed by atoms with Gasteiger partial charge in [0.05, 0.1) is 11.1 Å². The van der Waals surface area contributed by atoms with Crippen LogP contribution in [0.15, 0.2) is 58.6 Å². The zero-order valence-electron chi connectivity index (χ0n) is 15.0. The number of nitrogens with zero attached hydrogens (tertiary/aromatic N) is 2. The van der Waals surface area contributed by atoms with Crippen molar-refractivity contribution in [1.82, 2.24) is 4.31 Å². The Morgan fingerprint density at radius 1 is 1.12 bits per heavy atom. The van der Waals surface area contributed by atoms with Gasteiger partial charge in [-0.1, -0.05) is 55.4 Å². The first-order valence-corrected chi connectivity index (χ1v) is 9.51. The van der Waals surface area contributed by atoms with Gasteiger partial charge in [0.15, 0.2) is 0 Å². The molecular weight excluding hydrogens is 336 g/mol. The molecule has 0 aliphatic rings. The van der Waals surface area contributed by atoms with Crippen molar-refractivity contribution in [2.75, 3.05) is 14.1 Å². The molecule has 5 nitrogen and oxygen atoms in total. The first-order valence-electron chi connectivity index (χ1n) is 8.07. The summed E-state index contributed by atoms with van der Waals surface area (Å²) in [6.07, 6.45) is 1.64. The van der Waals surface area contributed by atoms with Crippen LogP contribution < -0.4 is 0 Å². The molecule has 0 saturated heterocycles. The first kappa shape index (κ1) is 19.1. The van der Waals surface area contributed by atoms with Crippen LogP contribution in [0.1, 0.15) is 36.5 Å². The summed E-state index contributed by atoms with van der Waals surface area (Å²) in [6, 6.07) is 14.8. The number of hydrogen-bond acceptors (Lipinski definition) is 4. The highest BCUT2D eigenvalue weighted by Gasteiger charge is 2.17. The molecule has 0 fully saturated rings. The lowest BCUT2D eigenvalue weighted by Gasteiger charge is -2.11. The Morgan fingerprint density at radius 2 is 1.80 bits per heavy atom. The van der Waals surface area contributed by atoms with Crippen molar-refractivity contribution in [3.05, 3.63) is 65.2 Å². The van der Waals surface area contributed by atoms with E-state index in [1.54, 1.807) is 24.4 Å². The third-order valence-corrected chi connectivity index (χ3v) is 5.60. The summed E-state index contributed by atoms with van der Waals surface area (Å²) in [6.45, 7) is 4.50. The number of sulfonamides is 1. The highest BCUT2D eigenvalue weighted by molar-refractivity contribution is 7.89. The third-order valence-electron chi connectivity index (χ3n) is 3.79. The van der Waals surface area contributed by atoms with Crippen LogP contribution in [0.25, 0.3) is 0 Å². The van der Waals surface area contributed by atoms with E-state index >= 15 is 0 Å². The Hall–Kier alpha value is -2.18. The van der Waals surface area contributed by atoms with Gasteiger partial charge >= 0.3 is 0 Å². The summed E-state index contributed by atoms with van der Waals surface area (Å²) < 4.78 is 25.4. The maximum atomic E-state index is 12.1. The van der Waals surface area contributed by atoms with Gasteiger partial charge in [-0.05, 0) is 34.7 Å². The molecule has 0 spiro atoms. The number of rotatable bonds is 7. The van der Waals surface area contributed by atoms with E-state index in [2.05, 4.69) is 31.1 Å². The molecule has 0 amide bonds. The lowest BCUT2D eigenvalue weighted by Crippen LogP contribution is -2.22. The monoisotopic (exact) mass is 360 g/mol. The van der Waals surface area contributed by atoms with E-state index in [9.17, 15) is 8.42 Å². The maximum absolute atomic E-state index is 12.1. The van der Waals surface area contributed by atoms with Gasteiger partial charge in [0.1, 0.15) is 6.61 Å². The molecule has 134 valence electrons. The number of hydrogen-bond donors (Lipinski definition) is 0. The Balaban J connectivity index is 1.98. The van der Waals surface area contributed by atoms with Crippen LogP contribution in [0.2, 0.25) is 0 Å². The largest absolute Gasteiger partial charge is 0.391 e. The molecule has 0 saturated carbocycles. The van der Waals surface area contributed by atoms with Crippen molar-refractivity contribution in [2.24, 2.45) is 5.16 Å². The molecule has 6 heteroatoms. The highest BCUT2D eigenvalue weighted by Crippen LogP contribution is 2.16. The summed E-state index contributed by atoms with van der Waals surface area (Å²) >= 11 is 0. The molecular formula is C19H24N2O3S. The average molecular weight is 360 g/mol. The molecule has 0 unspecified atom stereocenters. The second-order valence-electron chi connectivity index (χ2n) is 6.26. The normalized spacial score (nSPS) is 12.2. The summed E-state index contributed by atoms with van der Waals surface area (Å²) in [5, 5.41) is 3.95. The molecule has 0 radical (unpaired) electrons. The van der Waals surface area contributed by atoms with Crippen molar-refractivity contribution >= 4 is 16.2 Å². The Morgan fingerprint density at radius 3 is 2.40 bits per heavy atom. The fourth-order valence-corrected chi connectivity index (χ4v) is 3.16. The minimum atomic E-state index is -3.44. The molecule has 2 rings (SSSR count). The van der Waals surface area contributed by atoms with Crippen LogP contribution in [0.3, 0.4) is 0 Å². The molecule has 0 atom stereocenters. The molecule has 0 aliphatic heterocycles. The summed E-state index contributed by atoms with van der Waals surface area (Å²) in [5.41, 5.74) is 2.97. The van der Waals surface area contributed by atoms with E-state index in [0.717, 1.165) is 11.1 Å². The minimum Gasteiger partial charge on any atom is -0.391 e. The van der Waals surface area contributed by atoms with E-state index in [0.29, 0.717) is 5.92 Å². The van der Waals surface area contributed by atoms with Gasteiger partial charge in [-0.3, -0.25) is 0 Å². The zero-order chi connectivity index (χ0) is 18.4. The molecule has 2 aromatic carbocycles. The zero-order valence-corrected chi connectivity index (χ0v) is 15.8. The van der Waals surface area contributed by atoms with Crippen LogP contribution in [0, 0.1) is 0 Å². The van der Waals surface area contributed by atoms with Gasteiger partial charge in [-0.2, -0.15) is 0 Å². The third kappa shape index (κ3) is 5.14. The predicted molar refractivity (Wildman–Crippen MR) is 100 cm³/mol. The van der Waals surface area contributed by atoms with Crippen molar-refractivity contribution in [2.45, 2.75) is 31.3 Å². The van der Waals surface area contributed by atoms with E-state index < -0.39 is 10.0 Å². The van der Waals surface area contributed by atoms with Gasteiger partial charge in [0.2, 0.25) is 10.0 Å².